The molecule has 2 aliphatic rings. The maximum absolute atomic E-state index is 4.63. The Labute approximate surface area is 110 Å². The van der Waals surface area contributed by atoms with E-state index in [0.717, 1.165) is 17.7 Å². The lowest BCUT2D eigenvalue weighted by Gasteiger charge is -2.15. The van der Waals surface area contributed by atoms with Gasteiger partial charge in [0.25, 0.3) is 0 Å². The van der Waals surface area contributed by atoms with Gasteiger partial charge in [0, 0.05) is 11.3 Å². The molecule has 1 aliphatic heterocycles. The van der Waals surface area contributed by atoms with Gasteiger partial charge in [-0.3, -0.25) is 4.99 Å². The summed E-state index contributed by atoms with van der Waals surface area (Å²) in [6.45, 7) is 5.61. The van der Waals surface area contributed by atoms with Crippen molar-refractivity contribution in [3.05, 3.63) is 0 Å². The molecule has 2 nitrogen and oxygen atoms in total. The number of amidine groups is 1. The maximum Gasteiger partial charge on any atom is 0.157 e. The third kappa shape index (κ3) is 4.53. The highest BCUT2D eigenvalue weighted by atomic mass is 32.2. The molecule has 0 amide bonds. The summed E-state index contributed by atoms with van der Waals surface area (Å²) < 4.78 is 0. The van der Waals surface area contributed by atoms with Crippen LogP contribution in [0.5, 0.6) is 0 Å². The maximum atomic E-state index is 4.63. The van der Waals surface area contributed by atoms with E-state index < -0.39 is 0 Å². The highest BCUT2D eigenvalue weighted by molar-refractivity contribution is 8.14. The zero-order valence-corrected chi connectivity index (χ0v) is 12.1. The Balaban J connectivity index is 1.57. The summed E-state index contributed by atoms with van der Waals surface area (Å²) in [5.41, 5.74) is 0. The number of rotatable bonds is 7. The molecule has 0 aromatic carbocycles. The van der Waals surface area contributed by atoms with Gasteiger partial charge in [-0.2, -0.15) is 0 Å². The summed E-state index contributed by atoms with van der Waals surface area (Å²) in [6.07, 6.45) is 9.60. The number of hydrogen-bond acceptors (Lipinski definition) is 3. The number of thioether (sulfide) groups is 1. The molecule has 0 saturated heterocycles. The molecule has 1 N–H and O–H groups in total. The smallest absolute Gasteiger partial charge is 0.157 e. The first-order valence-corrected chi connectivity index (χ1v) is 8.15. The van der Waals surface area contributed by atoms with Crippen LogP contribution in [0.3, 0.4) is 0 Å². The van der Waals surface area contributed by atoms with Crippen LogP contribution in [0, 0.1) is 5.92 Å². The Kier molecular flexibility index (Phi) is 5.20. The molecule has 2 unspecified atom stereocenters. The SMILES string of the molecule is CCCCCCC(C)NC1=NCC(C2CC2)S1. The van der Waals surface area contributed by atoms with Crippen LogP contribution in [-0.4, -0.2) is 23.0 Å². The second-order valence-electron chi connectivity index (χ2n) is 5.53. The van der Waals surface area contributed by atoms with Crippen molar-refractivity contribution >= 4 is 16.9 Å². The number of unbranched alkanes of at least 4 members (excludes halogenated alkanes) is 3. The van der Waals surface area contributed by atoms with Gasteiger partial charge < -0.3 is 5.32 Å². The minimum atomic E-state index is 0.594. The predicted molar refractivity (Wildman–Crippen MR) is 77.8 cm³/mol. The Morgan fingerprint density at radius 3 is 2.88 bits per heavy atom. The van der Waals surface area contributed by atoms with E-state index in [1.165, 1.54) is 50.1 Å². The number of hydrogen-bond donors (Lipinski definition) is 1. The van der Waals surface area contributed by atoms with Crippen LogP contribution in [0.2, 0.25) is 0 Å². The number of nitrogens with zero attached hydrogens (tertiary/aromatic N) is 1. The van der Waals surface area contributed by atoms with Gasteiger partial charge in [0.2, 0.25) is 0 Å². The molecule has 0 aromatic heterocycles. The first-order valence-electron chi connectivity index (χ1n) is 7.27. The minimum absolute atomic E-state index is 0.594. The molecule has 2 atom stereocenters. The molecule has 98 valence electrons. The largest absolute Gasteiger partial charge is 0.362 e. The van der Waals surface area contributed by atoms with Crippen LogP contribution in [0.25, 0.3) is 0 Å². The summed E-state index contributed by atoms with van der Waals surface area (Å²) in [4.78, 5) is 4.63. The Morgan fingerprint density at radius 1 is 1.35 bits per heavy atom. The molecule has 1 heterocycles. The number of nitrogens with one attached hydrogen (secondary N) is 1. The molecule has 1 fully saturated rings. The lowest BCUT2D eigenvalue weighted by molar-refractivity contribution is 0.545. The average molecular weight is 254 g/mol. The van der Waals surface area contributed by atoms with Crippen LogP contribution < -0.4 is 5.32 Å². The molecule has 0 bridgehead atoms. The van der Waals surface area contributed by atoms with Crippen molar-refractivity contribution in [2.45, 2.75) is 70.1 Å². The van der Waals surface area contributed by atoms with E-state index in [4.69, 9.17) is 0 Å². The van der Waals surface area contributed by atoms with Gasteiger partial charge in [0.05, 0.1) is 6.54 Å². The summed E-state index contributed by atoms with van der Waals surface area (Å²) in [5.74, 6) is 0.975. The van der Waals surface area contributed by atoms with Gasteiger partial charge in [-0.25, -0.2) is 0 Å². The monoisotopic (exact) mass is 254 g/mol. The van der Waals surface area contributed by atoms with Gasteiger partial charge in [0.1, 0.15) is 0 Å². The molecule has 0 spiro atoms. The Bertz CT molecular complexity index is 261. The molecular weight excluding hydrogens is 228 g/mol. The third-order valence-corrected chi connectivity index (χ3v) is 4.99. The molecule has 17 heavy (non-hydrogen) atoms. The van der Waals surface area contributed by atoms with Crippen LogP contribution in [0.15, 0.2) is 4.99 Å². The summed E-state index contributed by atoms with van der Waals surface area (Å²) >= 11 is 1.99. The quantitative estimate of drug-likeness (QED) is 0.699. The average Bonchev–Trinajstić information content (AvgIpc) is 3.07. The highest BCUT2D eigenvalue weighted by Crippen LogP contribution is 2.41. The Morgan fingerprint density at radius 2 is 2.18 bits per heavy atom. The van der Waals surface area contributed by atoms with Crippen LogP contribution >= 0.6 is 11.8 Å². The van der Waals surface area contributed by atoms with Gasteiger partial charge >= 0.3 is 0 Å². The fourth-order valence-electron chi connectivity index (χ4n) is 2.34. The van der Waals surface area contributed by atoms with Crippen molar-refractivity contribution < 1.29 is 0 Å². The van der Waals surface area contributed by atoms with E-state index in [-0.39, 0.29) is 0 Å². The van der Waals surface area contributed by atoms with E-state index in [2.05, 4.69) is 24.2 Å². The second-order valence-corrected chi connectivity index (χ2v) is 6.76. The van der Waals surface area contributed by atoms with E-state index in [9.17, 15) is 0 Å². The van der Waals surface area contributed by atoms with Crippen molar-refractivity contribution in [1.82, 2.24) is 5.32 Å². The van der Waals surface area contributed by atoms with Crippen LogP contribution in [-0.2, 0) is 0 Å². The van der Waals surface area contributed by atoms with E-state index in [1.54, 1.807) is 0 Å². The van der Waals surface area contributed by atoms with Crippen molar-refractivity contribution in [2.75, 3.05) is 6.54 Å². The van der Waals surface area contributed by atoms with Crippen molar-refractivity contribution in [1.29, 1.82) is 0 Å². The van der Waals surface area contributed by atoms with E-state index in [0.29, 0.717) is 6.04 Å². The summed E-state index contributed by atoms with van der Waals surface area (Å²) in [5, 5.41) is 5.59. The van der Waals surface area contributed by atoms with Crippen molar-refractivity contribution in [3.8, 4) is 0 Å². The molecule has 1 saturated carbocycles. The van der Waals surface area contributed by atoms with Gasteiger partial charge in [-0.1, -0.05) is 44.4 Å². The minimum Gasteiger partial charge on any atom is -0.362 e. The fourth-order valence-corrected chi connectivity index (χ4v) is 3.66. The third-order valence-electron chi connectivity index (χ3n) is 3.69. The summed E-state index contributed by atoms with van der Waals surface area (Å²) in [6, 6.07) is 0.594. The zero-order chi connectivity index (χ0) is 12.1. The van der Waals surface area contributed by atoms with E-state index in [1.807, 2.05) is 11.8 Å². The Hall–Kier alpha value is -0.180. The van der Waals surface area contributed by atoms with Gasteiger partial charge in [-0.15, -0.1) is 0 Å². The predicted octanol–water partition coefficient (Wildman–Crippen LogP) is 3.82. The fraction of sp³-hybridized carbons (Fsp3) is 0.929. The molecule has 1 aliphatic carbocycles. The summed E-state index contributed by atoms with van der Waals surface area (Å²) in [7, 11) is 0. The van der Waals surface area contributed by atoms with Crippen molar-refractivity contribution in [3.63, 3.8) is 0 Å². The normalized spacial score (nSPS) is 25.8. The lowest BCUT2D eigenvalue weighted by atomic mass is 10.1. The lowest BCUT2D eigenvalue weighted by Crippen LogP contribution is -2.30. The zero-order valence-electron chi connectivity index (χ0n) is 11.2. The molecule has 2 rings (SSSR count). The van der Waals surface area contributed by atoms with E-state index >= 15 is 0 Å². The van der Waals surface area contributed by atoms with Gasteiger partial charge in [-0.05, 0) is 32.1 Å². The second kappa shape index (κ2) is 6.67. The molecule has 0 aromatic rings. The van der Waals surface area contributed by atoms with Crippen LogP contribution in [0.1, 0.15) is 58.8 Å². The molecule has 3 heteroatoms. The van der Waals surface area contributed by atoms with Crippen molar-refractivity contribution in [2.24, 2.45) is 10.9 Å². The standard InChI is InChI=1S/C14H26N2S/c1-3-4-5-6-7-11(2)16-14-15-10-13(17-14)12-8-9-12/h11-13H,3-10H2,1-2H3,(H,15,16). The first-order chi connectivity index (χ1) is 8.29. The topological polar surface area (TPSA) is 24.4 Å². The highest BCUT2D eigenvalue weighted by Gasteiger charge is 2.35. The molecular formula is C14H26N2S. The first kappa shape index (κ1) is 13.3. The van der Waals surface area contributed by atoms with Gasteiger partial charge in [0.15, 0.2) is 5.17 Å². The number of aliphatic imine (C=N–C) groups is 1. The van der Waals surface area contributed by atoms with Crippen LogP contribution in [0.4, 0.5) is 0 Å². The molecule has 0 radical (unpaired) electrons.